The van der Waals surface area contributed by atoms with E-state index in [1.807, 2.05) is 13.8 Å². The molecule has 0 bridgehead atoms. The maximum Gasteiger partial charge on any atom is 0.387 e. The summed E-state index contributed by atoms with van der Waals surface area (Å²) in [4.78, 5) is 23.8. The van der Waals surface area contributed by atoms with Gasteiger partial charge >= 0.3 is 12.6 Å². The van der Waals surface area contributed by atoms with Gasteiger partial charge in [-0.15, -0.1) is 10.2 Å². The van der Waals surface area contributed by atoms with E-state index in [4.69, 9.17) is 5.84 Å². The van der Waals surface area contributed by atoms with Crippen LogP contribution in [0.2, 0.25) is 0 Å². The zero-order chi connectivity index (χ0) is 21.6. The first kappa shape index (κ1) is 22.4. The average Bonchev–Trinajstić information content (AvgIpc) is 3.00. The first-order valence-electron chi connectivity index (χ1n) is 8.68. The Kier molecular flexibility index (Phi) is 7.76. The number of hydrogen-bond acceptors (Lipinski definition) is 7. The summed E-state index contributed by atoms with van der Waals surface area (Å²) >= 11 is 1.02. The van der Waals surface area contributed by atoms with Crippen molar-refractivity contribution in [2.45, 2.75) is 37.8 Å². The number of hydrogen-bond donors (Lipinski definition) is 3. The molecule has 1 atom stereocenters. The number of nitrogens with two attached hydrogens (primary N) is 1. The van der Waals surface area contributed by atoms with Gasteiger partial charge in [-0.25, -0.2) is 9.47 Å². The Morgan fingerprint density at radius 1 is 1.21 bits per heavy atom. The second kappa shape index (κ2) is 10.0. The van der Waals surface area contributed by atoms with Crippen LogP contribution in [0, 0.1) is 5.92 Å². The highest BCUT2D eigenvalue weighted by molar-refractivity contribution is 8.00. The highest BCUT2D eigenvalue weighted by Crippen LogP contribution is 2.26. The van der Waals surface area contributed by atoms with Crippen molar-refractivity contribution in [3.63, 3.8) is 0 Å². The Morgan fingerprint density at radius 2 is 1.86 bits per heavy atom. The van der Waals surface area contributed by atoms with E-state index in [1.54, 1.807) is 6.92 Å². The van der Waals surface area contributed by atoms with Gasteiger partial charge < -0.3 is 15.9 Å². The molecule has 1 aromatic carbocycles. The molecule has 0 saturated heterocycles. The largest absolute Gasteiger partial charge is 0.435 e. The first-order valence-corrected chi connectivity index (χ1v) is 9.56. The molecule has 0 aliphatic heterocycles. The number of rotatable bonds is 8. The summed E-state index contributed by atoms with van der Waals surface area (Å²) in [6.07, 6.45) is 0. The molecule has 0 radical (unpaired) electrons. The van der Waals surface area contributed by atoms with Gasteiger partial charge in [0, 0.05) is 12.1 Å². The lowest BCUT2D eigenvalue weighted by molar-refractivity contribution is -0.119. The molecule has 0 saturated carbocycles. The molecule has 0 fully saturated rings. The molecule has 29 heavy (non-hydrogen) atoms. The third-order valence-corrected chi connectivity index (χ3v) is 4.62. The Bertz CT molecular complexity index is 844. The van der Waals surface area contributed by atoms with Crippen molar-refractivity contribution in [2.24, 2.45) is 5.92 Å². The minimum Gasteiger partial charge on any atom is -0.435 e. The van der Waals surface area contributed by atoms with Crippen LogP contribution in [0.5, 0.6) is 5.75 Å². The molecule has 158 valence electrons. The highest BCUT2D eigenvalue weighted by atomic mass is 32.2. The zero-order valence-corrected chi connectivity index (χ0v) is 16.9. The lowest BCUT2D eigenvalue weighted by Crippen LogP contribution is -2.43. The number of alkyl halides is 2. The second-order valence-electron chi connectivity index (χ2n) is 6.43. The number of carbonyl (C=O) groups is 2. The van der Waals surface area contributed by atoms with Crippen LogP contribution < -0.4 is 21.2 Å². The van der Waals surface area contributed by atoms with Crippen LogP contribution in [0.25, 0.3) is 11.4 Å². The summed E-state index contributed by atoms with van der Waals surface area (Å²) in [5.74, 6) is 6.02. The van der Waals surface area contributed by atoms with Gasteiger partial charge in [0.05, 0.1) is 5.25 Å². The molecule has 0 aliphatic carbocycles. The van der Waals surface area contributed by atoms with E-state index < -0.39 is 23.8 Å². The van der Waals surface area contributed by atoms with Crippen LogP contribution in [0.15, 0.2) is 29.4 Å². The number of benzene rings is 1. The van der Waals surface area contributed by atoms with Crippen molar-refractivity contribution in [1.29, 1.82) is 0 Å². The number of imide groups is 1. The van der Waals surface area contributed by atoms with Crippen LogP contribution in [-0.2, 0) is 4.79 Å². The molecule has 0 aliphatic rings. The van der Waals surface area contributed by atoms with Crippen molar-refractivity contribution in [2.75, 3.05) is 12.4 Å². The number of carbonyl (C=O) groups excluding carboxylic acids is 2. The van der Waals surface area contributed by atoms with E-state index in [-0.39, 0.29) is 22.6 Å². The van der Waals surface area contributed by atoms with Crippen molar-refractivity contribution in [1.82, 2.24) is 25.5 Å². The number of thioether (sulfide) groups is 1. The summed E-state index contributed by atoms with van der Waals surface area (Å²) in [6, 6.07) is 5.16. The van der Waals surface area contributed by atoms with Crippen molar-refractivity contribution >= 4 is 23.7 Å². The summed E-state index contributed by atoms with van der Waals surface area (Å²) in [5.41, 5.74) is 0.527. The number of nitrogens with zero attached hydrogens (tertiary/aromatic N) is 3. The summed E-state index contributed by atoms with van der Waals surface area (Å²) < 4.78 is 29.9. The zero-order valence-electron chi connectivity index (χ0n) is 16.1. The minimum atomic E-state index is -2.91. The number of nitrogens with one attached hydrogen (secondary N) is 2. The van der Waals surface area contributed by atoms with Gasteiger partial charge in [-0.3, -0.25) is 10.1 Å². The Hall–Kier alpha value is -2.89. The molecular weight excluding hydrogens is 406 g/mol. The fourth-order valence-electron chi connectivity index (χ4n) is 2.11. The van der Waals surface area contributed by atoms with E-state index in [1.165, 1.54) is 28.9 Å². The van der Waals surface area contributed by atoms with E-state index >= 15 is 0 Å². The van der Waals surface area contributed by atoms with E-state index in [9.17, 15) is 18.4 Å². The number of nitrogen functional groups attached to an aromatic ring is 1. The predicted octanol–water partition coefficient (Wildman–Crippen LogP) is 2.22. The van der Waals surface area contributed by atoms with Crippen LogP contribution in [-0.4, -0.2) is 45.2 Å². The lowest BCUT2D eigenvalue weighted by atomic mass is 10.2. The van der Waals surface area contributed by atoms with Crippen LogP contribution in [0.3, 0.4) is 0 Å². The number of ether oxygens (including phenoxy) is 1. The molecule has 1 aromatic heterocycles. The van der Waals surface area contributed by atoms with Gasteiger partial charge in [0.25, 0.3) is 0 Å². The SMILES string of the molecule is CC(C)CNC(=O)NC(=O)C(C)Sc1nnc(-c2ccc(OC(F)F)cc2)n1N. The maximum absolute atomic E-state index is 12.2. The van der Waals surface area contributed by atoms with Gasteiger partial charge in [0.15, 0.2) is 5.82 Å². The van der Waals surface area contributed by atoms with Crippen molar-refractivity contribution in [3.05, 3.63) is 24.3 Å². The third kappa shape index (κ3) is 6.59. The summed E-state index contributed by atoms with van der Waals surface area (Å²) in [5, 5.41) is 12.3. The predicted molar refractivity (Wildman–Crippen MR) is 104 cm³/mol. The fraction of sp³-hybridized carbons (Fsp3) is 0.412. The molecule has 9 nitrogen and oxygen atoms in total. The second-order valence-corrected chi connectivity index (χ2v) is 7.74. The van der Waals surface area contributed by atoms with Crippen LogP contribution >= 0.6 is 11.8 Å². The van der Waals surface area contributed by atoms with Gasteiger partial charge in [0.2, 0.25) is 11.1 Å². The minimum absolute atomic E-state index is 0.00229. The molecular formula is C17H22F2N6O3S. The van der Waals surface area contributed by atoms with Crippen LogP contribution in [0.4, 0.5) is 13.6 Å². The molecule has 1 heterocycles. The Morgan fingerprint density at radius 3 is 2.45 bits per heavy atom. The summed E-state index contributed by atoms with van der Waals surface area (Å²) in [7, 11) is 0. The highest BCUT2D eigenvalue weighted by Gasteiger charge is 2.21. The summed E-state index contributed by atoms with van der Waals surface area (Å²) in [6.45, 7) is 3.00. The molecule has 2 aromatic rings. The fourth-order valence-corrected chi connectivity index (χ4v) is 2.88. The smallest absolute Gasteiger partial charge is 0.387 e. The molecule has 12 heteroatoms. The normalized spacial score (nSPS) is 12.1. The molecule has 1 unspecified atom stereocenters. The Labute approximate surface area is 170 Å². The van der Waals surface area contributed by atoms with Gasteiger partial charge in [-0.05, 0) is 37.1 Å². The Balaban J connectivity index is 1.99. The van der Waals surface area contributed by atoms with E-state index in [2.05, 4.69) is 25.6 Å². The molecule has 0 spiro atoms. The number of aromatic nitrogens is 3. The van der Waals surface area contributed by atoms with E-state index in [0.29, 0.717) is 12.1 Å². The molecule has 4 N–H and O–H groups in total. The van der Waals surface area contributed by atoms with E-state index in [0.717, 1.165) is 11.8 Å². The third-order valence-electron chi connectivity index (χ3n) is 3.56. The topological polar surface area (TPSA) is 124 Å². The number of halogens is 2. The van der Waals surface area contributed by atoms with Gasteiger partial charge in [-0.2, -0.15) is 8.78 Å². The maximum atomic E-state index is 12.2. The number of urea groups is 1. The first-order chi connectivity index (χ1) is 13.7. The monoisotopic (exact) mass is 428 g/mol. The average molecular weight is 428 g/mol. The van der Waals surface area contributed by atoms with Crippen molar-refractivity contribution < 1.29 is 23.1 Å². The van der Waals surface area contributed by atoms with Gasteiger partial charge in [-0.1, -0.05) is 25.6 Å². The van der Waals surface area contributed by atoms with Crippen molar-refractivity contribution in [3.8, 4) is 17.1 Å². The molecule has 2 rings (SSSR count). The van der Waals surface area contributed by atoms with Gasteiger partial charge in [0.1, 0.15) is 5.75 Å². The van der Waals surface area contributed by atoms with Crippen LogP contribution in [0.1, 0.15) is 20.8 Å². The lowest BCUT2D eigenvalue weighted by Gasteiger charge is -2.12. The molecule has 3 amide bonds. The number of amides is 3. The quantitative estimate of drug-likeness (QED) is 0.435. The standard InChI is InChI=1S/C17H22F2N6O3S/c1-9(2)8-21-16(27)22-14(26)10(3)29-17-24-23-13(25(17)20)11-4-6-12(7-5-11)28-15(18)19/h4-7,9-10,15H,8,20H2,1-3H3,(H2,21,22,26,27).